The van der Waals surface area contributed by atoms with Crippen molar-refractivity contribution in [3.05, 3.63) is 40.6 Å². The first-order chi connectivity index (χ1) is 12.7. The van der Waals surface area contributed by atoms with Gasteiger partial charge in [-0.15, -0.1) is 0 Å². The fourth-order valence-electron chi connectivity index (χ4n) is 2.46. The summed E-state index contributed by atoms with van der Waals surface area (Å²) < 4.78 is 13.5. The second-order valence-electron chi connectivity index (χ2n) is 5.56. The lowest BCUT2D eigenvalue weighted by Crippen LogP contribution is -2.38. The van der Waals surface area contributed by atoms with E-state index in [0.29, 0.717) is 18.0 Å². The maximum atomic E-state index is 5.38. The molecule has 142 valence electrons. The third kappa shape index (κ3) is 5.94. The van der Waals surface area contributed by atoms with Gasteiger partial charge in [-0.3, -0.25) is 4.68 Å². The summed E-state index contributed by atoms with van der Waals surface area (Å²) in [6.45, 7) is 5.09. The van der Waals surface area contributed by atoms with Crippen LogP contribution in [0.2, 0.25) is 0 Å². The van der Waals surface area contributed by atoms with Crippen LogP contribution < -0.4 is 20.1 Å². The maximum absolute atomic E-state index is 5.38. The molecule has 2 aromatic rings. The van der Waals surface area contributed by atoms with Crippen LogP contribution in [-0.4, -0.2) is 43.0 Å². The number of rotatable bonds is 9. The number of hydrogen-bond donors (Lipinski definition) is 2. The van der Waals surface area contributed by atoms with E-state index in [9.17, 15) is 0 Å². The molecule has 1 aromatic heterocycles. The predicted molar refractivity (Wildman–Crippen MR) is 107 cm³/mol. The summed E-state index contributed by atoms with van der Waals surface area (Å²) in [5, 5.41) is 10.8. The number of guanidine groups is 1. The molecule has 0 saturated carbocycles. The lowest BCUT2D eigenvalue weighted by atomic mass is 10.2. The van der Waals surface area contributed by atoms with E-state index in [4.69, 9.17) is 9.47 Å². The van der Waals surface area contributed by atoms with Gasteiger partial charge in [0.25, 0.3) is 0 Å². The number of hydrogen-bond acceptors (Lipinski definition) is 4. The van der Waals surface area contributed by atoms with Crippen molar-refractivity contribution in [2.45, 2.75) is 26.4 Å². The van der Waals surface area contributed by atoms with Crippen LogP contribution in [0.3, 0.4) is 0 Å². The normalized spacial score (nSPS) is 11.3. The average molecular weight is 424 g/mol. The highest BCUT2D eigenvalue weighted by atomic mass is 79.9. The van der Waals surface area contributed by atoms with Crippen LogP contribution in [0, 0.1) is 0 Å². The Morgan fingerprint density at radius 2 is 2.12 bits per heavy atom. The van der Waals surface area contributed by atoms with Gasteiger partial charge in [-0.05, 0) is 53.0 Å². The van der Waals surface area contributed by atoms with Gasteiger partial charge in [-0.25, -0.2) is 4.99 Å². The molecule has 1 aromatic carbocycles. The molecule has 2 N–H and O–H groups in total. The lowest BCUT2D eigenvalue weighted by Gasteiger charge is -2.13. The van der Waals surface area contributed by atoms with E-state index in [2.05, 4.69) is 36.7 Å². The first-order valence-corrected chi connectivity index (χ1v) is 9.37. The number of ether oxygens (including phenoxy) is 2. The largest absolute Gasteiger partial charge is 0.493 e. The van der Waals surface area contributed by atoms with Crippen molar-refractivity contribution < 1.29 is 9.47 Å². The maximum Gasteiger partial charge on any atom is 0.191 e. The zero-order valence-corrected chi connectivity index (χ0v) is 17.0. The Morgan fingerprint density at radius 1 is 1.27 bits per heavy atom. The van der Waals surface area contributed by atoms with Gasteiger partial charge >= 0.3 is 0 Å². The Balaban J connectivity index is 1.94. The Hall–Kier alpha value is -2.22. The summed E-state index contributed by atoms with van der Waals surface area (Å²) in [6, 6.07) is 5.86. The summed E-state index contributed by atoms with van der Waals surface area (Å²) in [7, 11) is 3.25. The van der Waals surface area contributed by atoms with Crippen LogP contribution >= 0.6 is 15.9 Å². The number of halogens is 1. The number of aliphatic imine (C=N–C) groups is 1. The van der Waals surface area contributed by atoms with Gasteiger partial charge in [0.1, 0.15) is 0 Å². The van der Waals surface area contributed by atoms with Crippen LogP contribution in [0.1, 0.15) is 18.9 Å². The summed E-state index contributed by atoms with van der Waals surface area (Å²) in [4.78, 5) is 4.65. The minimum absolute atomic E-state index is 0.535. The van der Waals surface area contributed by atoms with E-state index in [1.165, 1.54) is 0 Å². The summed E-state index contributed by atoms with van der Waals surface area (Å²) in [5.41, 5.74) is 1.03. The average Bonchev–Trinajstić information content (AvgIpc) is 3.16. The molecule has 2 rings (SSSR count). The highest BCUT2D eigenvalue weighted by molar-refractivity contribution is 9.10. The number of nitrogens with zero attached hydrogens (tertiary/aromatic N) is 3. The highest BCUT2D eigenvalue weighted by Gasteiger charge is 2.10. The lowest BCUT2D eigenvalue weighted by molar-refractivity contribution is 0.352. The van der Waals surface area contributed by atoms with Crippen LogP contribution in [0.5, 0.6) is 11.5 Å². The van der Waals surface area contributed by atoms with Crippen molar-refractivity contribution in [2.75, 3.05) is 27.3 Å². The van der Waals surface area contributed by atoms with E-state index in [1.807, 2.05) is 36.0 Å². The summed E-state index contributed by atoms with van der Waals surface area (Å²) >= 11 is 3.51. The number of aryl methyl sites for hydroxylation is 1. The summed E-state index contributed by atoms with van der Waals surface area (Å²) in [5.74, 6) is 2.16. The van der Waals surface area contributed by atoms with Crippen LogP contribution in [0.25, 0.3) is 0 Å². The molecule has 26 heavy (non-hydrogen) atoms. The molecule has 7 nitrogen and oxygen atoms in total. The van der Waals surface area contributed by atoms with Crippen molar-refractivity contribution in [1.29, 1.82) is 0 Å². The Labute approximate surface area is 162 Å². The Kier molecular flexibility index (Phi) is 8.27. The molecule has 0 bridgehead atoms. The number of nitrogens with one attached hydrogen (secondary N) is 2. The van der Waals surface area contributed by atoms with Crippen molar-refractivity contribution >= 4 is 21.9 Å². The molecule has 1 heterocycles. The minimum Gasteiger partial charge on any atom is -0.493 e. The third-order valence-electron chi connectivity index (χ3n) is 3.67. The smallest absolute Gasteiger partial charge is 0.191 e. The monoisotopic (exact) mass is 423 g/mol. The van der Waals surface area contributed by atoms with Gasteiger partial charge in [0, 0.05) is 32.0 Å². The van der Waals surface area contributed by atoms with E-state index in [0.717, 1.165) is 42.1 Å². The fraction of sp³-hybridized carbons (Fsp3) is 0.444. The number of benzene rings is 1. The molecule has 0 aliphatic carbocycles. The van der Waals surface area contributed by atoms with Crippen LogP contribution in [0.15, 0.2) is 40.1 Å². The van der Waals surface area contributed by atoms with Crippen molar-refractivity contribution in [3.8, 4) is 11.5 Å². The molecule has 0 aliphatic rings. The number of aromatic nitrogens is 2. The van der Waals surface area contributed by atoms with Crippen LogP contribution in [0.4, 0.5) is 0 Å². The molecule has 0 spiro atoms. The minimum atomic E-state index is 0.535. The number of methoxy groups -OCH3 is 2. The predicted octanol–water partition coefficient (Wildman–Crippen LogP) is 2.81. The molecular weight excluding hydrogens is 398 g/mol. The fourth-order valence-corrected chi connectivity index (χ4v) is 3.11. The van der Waals surface area contributed by atoms with Crippen molar-refractivity contribution in [2.24, 2.45) is 4.99 Å². The van der Waals surface area contributed by atoms with Crippen LogP contribution in [-0.2, 0) is 13.1 Å². The van der Waals surface area contributed by atoms with Gasteiger partial charge in [0.15, 0.2) is 17.5 Å². The molecule has 0 unspecified atom stereocenters. The second kappa shape index (κ2) is 10.7. The van der Waals surface area contributed by atoms with E-state index in [-0.39, 0.29) is 0 Å². The van der Waals surface area contributed by atoms with E-state index < -0.39 is 0 Å². The van der Waals surface area contributed by atoms with Crippen molar-refractivity contribution in [3.63, 3.8) is 0 Å². The zero-order valence-electron chi connectivity index (χ0n) is 15.5. The Morgan fingerprint density at radius 3 is 2.77 bits per heavy atom. The SMILES string of the molecule is CCNC(=NCc1cc(Br)c(OC)c(OC)c1)NCCCn1cccn1. The topological polar surface area (TPSA) is 72.7 Å². The molecule has 8 heteroatoms. The van der Waals surface area contributed by atoms with E-state index >= 15 is 0 Å². The molecular formula is C18H26BrN5O2. The molecule has 0 atom stereocenters. The van der Waals surface area contributed by atoms with Gasteiger partial charge < -0.3 is 20.1 Å². The molecule has 0 saturated heterocycles. The standard InChI is InChI=1S/C18H26BrN5O2/c1-4-20-18(21-7-5-9-24-10-6-8-23-24)22-13-14-11-15(19)17(26-3)16(12-14)25-2/h6,8,10-12H,4-5,7,9,13H2,1-3H3,(H2,20,21,22). The van der Waals surface area contributed by atoms with Gasteiger partial charge in [-0.1, -0.05) is 0 Å². The second-order valence-corrected chi connectivity index (χ2v) is 6.41. The first-order valence-electron chi connectivity index (χ1n) is 8.58. The molecule has 0 aliphatic heterocycles. The molecule has 0 amide bonds. The first kappa shape index (κ1) is 20.1. The molecule has 0 fully saturated rings. The highest BCUT2D eigenvalue weighted by Crippen LogP contribution is 2.36. The Bertz CT molecular complexity index is 704. The quantitative estimate of drug-likeness (QED) is 0.368. The van der Waals surface area contributed by atoms with E-state index in [1.54, 1.807) is 20.4 Å². The van der Waals surface area contributed by atoms with Gasteiger partial charge in [0.2, 0.25) is 0 Å². The van der Waals surface area contributed by atoms with Gasteiger partial charge in [0.05, 0.1) is 25.2 Å². The van der Waals surface area contributed by atoms with Gasteiger partial charge in [-0.2, -0.15) is 5.10 Å². The van der Waals surface area contributed by atoms with Crippen molar-refractivity contribution in [1.82, 2.24) is 20.4 Å². The molecule has 0 radical (unpaired) electrons. The third-order valence-corrected chi connectivity index (χ3v) is 4.26. The zero-order chi connectivity index (χ0) is 18.8. The summed E-state index contributed by atoms with van der Waals surface area (Å²) in [6.07, 6.45) is 4.72.